The van der Waals surface area contributed by atoms with E-state index in [2.05, 4.69) is 48.7 Å². The molecule has 0 amide bonds. The van der Waals surface area contributed by atoms with Gasteiger partial charge in [0.2, 0.25) is 0 Å². The van der Waals surface area contributed by atoms with E-state index in [1.54, 1.807) is 0 Å². The van der Waals surface area contributed by atoms with Crippen LogP contribution in [0.25, 0.3) is 0 Å². The molecule has 0 saturated heterocycles. The molecule has 0 radical (unpaired) electrons. The summed E-state index contributed by atoms with van der Waals surface area (Å²) in [6.07, 6.45) is 9.48. The molecule has 0 aliphatic rings. The van der Waals surface area contributed by atoms with E-state index in [1.165, 1.54) is 24.9 Å². The Morgan fingerprint density at radius 3 is 2.53 bits per heavy atom. The van der Waals surface area contributed by atoms with Gasteiger partial charge in [0.15, 0.2) is 0 Å². The van der Waals surface area contributed by atoms with Gasteiger partial charge in [-0.15, -0.1) is 0 Å². The first-order valence-electron chi connectivity index (χ1n) is 5.87. The summed E-state index contributed by atoms with van der Waals surface area (Å²) in [5.74, 6) is 0. The predicted octanol–water partition coefficient (Wildman–Crippen LogP) is 4.24. The molecule has 0 unspecified atom stereocenters. The highest BCUT2D eigenvalue weighted by atomic mass is 14.9. The summed E-state index contributed by atoms with van der Waals surface area (Å²) >= 11 is 0. The summed E-state index contributed by atoms with van der Waals surface area (Å²) in [6, 6.07) is 10.3. The second-order valence-corrected chi connectivity index (χ2v) is 3.70. The topological polar surface area (TPSA) is 12.0 Å². The Morgan fingerprint density at radius 1 is 1.07 bits per heavy atom. The number of nitrogens with one attached hydrogen (secondary N) is 1. The van der Waals surface area contributed by atoms with Gasteiger partial charge in [0.25, 0.3) is 0 Å². The molecular formula is C14H21N. The van der Waals surface area contributed by atoms with Crippen molar-refractivity contribution in [1.82, 2.24) is 0 Å². The molecule has 1 aromatic carbocycles. The van der Waals surface area contributed by atoms with Crippen molar-refractivity contribution in [3.8, 4) is 0 Å². The van der Waals surface area contributed by atoms with E-state index >= 15 is 0 Å². The van der Waals surface area contributed by atoms with E-state index in [0.717, 1.165) is 13.0 Å². The number of unbranched alkanes of at least 4 members (excludes halogenated alkanes) is 2. The van der Waals surface area contributed by atoms with Crippen LogP contribution < -0.4 is 5.32 Å². The van der Waals surface area contributed by atoms with Crippen LogP contribution >= 0.6 is 0 Å². The molecular weight excluding hydrogens is 182 g/mol. The Balaban J connectivity index is 2.04. The summed E-state index contributed by atoms with van der Waals surface area (Å²) in [7, 11) is 0. The van der Waals surface area contributed by atoms with Crippen molar-refractivity contribution >= 4 is 5.69 Å². The minimum absolute atomic E-state index is 1.02. The summed E-state index contributed by atoms with van der Waals surface area (Å²) in [5.41, 5.74) is 1.21. The van der Waals surface area contributed by atoms with Gasteiger partial charge in [-0.1, -0.05) is 50.1 Å². The van der Waals surface area contributed by atoms with Gasteiger partial charge in [-0.05, 0) is 25.0 Å². The third-order valence-electron chi connectivity index (χ3n) is 2.30. The van der Waals surface area contributed by atoms with E-state index in [0.29, 0.717) is 0 Å². The maximum atomic E-state index is 3.38. The number of hydrogen-bond acceptors (Lipinski definition) is 1. The van der Waals surface area contributed by atoms with Crippen molar-refractivity contribution in [2.45, 2.75) is 32.6 Å². The first-order chi connectivity index (χ1) is 7.43. The third-order valence-corrected chi connectivity index (χ3v) is 2.30. The lowest BCUT2D eigenvalue weighted by atomic mass is 10.2. The maximum absolute atomic E-state index is 3.38. The van der Waals surface area contributed by atoms with Gasteiger partial charge >= 0.3 is 0 Å². The fourth-order valence-corrected chi connectivity index (χ4v) is 1.41. The maximum Gasteiger partial charge on any atom is 0.0340 e. The van der Waals surface area contributed by atoms with Gasteiger partial charge in [0.1, 0.15) is 0 Å². The van der Waals surface area contributed by atoms with Crippen LogP contribution in [0.5, 0.6) is 0 Å². The van der Waals surface area contributed by atoms with Gasteiger partial charge in [0, 0.05) is 12.2 Å². The lowest BCUT2D eigenvalue weighted by Gasteiger charge is -2.02. The smallest absolute Gasteiger partial charge is 0.0340 e. The lowest BCUT2D eigenvalue weighted by Crippen LogP contribution is -1.99. The van der Waals surface area contributed by atoms with E-state index < -0.39 is 0 Å². The van der Waals surface area contributed by atoms with Crippen LogP contribution in [0.2, 0.25) is 0 Å². The average molecular weight is 203 g/mol. The number of para-hydroxylation sites is 1. The molecule has 0 bridgehead atoms. The Morgan fingerprint density at radius 2 is 1.80 bits per heavy atom. The van der Waals surface area contributed by atoms with Crippen molar-refractivity contribution in [2.75, 3.05) is 11.9 Å². The van der Waals surface area contributed by atoms with Crippen LogP contribution in [0.4, 0.5) is 5.69 Å². The molecule has 82 valence electrons. The number of benzene rings is 1. The number of hydrogen-bond donors (Lipinski definition) is 1. The Hall–Kier alpha value is -1.24. The summed E-state index contributed by atoms with van der Waals surface area (Å²) in [6.45, 7) is 3.25. The molecule has 1 nitrogen and oxygen atoms in total. The van der Waals surface area contributed by atoms with Crippen LogP contribution in [0.3, 0.4) is 0 Å². The van der Waals surface area contributed by atoms with Crippen molar-refractivity contribution in [3.63, 3.8) is 0 Å². The van der Waals surface area contributed by atoms with Crippen molar-refractivity contribution in [1.29, 1.82) is 0 Å². The summed E-state index contributed by atoms with van der Waals surface area (Å²) < 4.78 is 0. The van der Waals surface area contributed by atoms with Crippen molar-refractivity contribution in [3.05, 3.63) is 42.5 Å². The summed E-state index contributed by atoms with van der Waals surface area (Å²) in [5, 5.41) is 3.38. The highest BCUT2D eigenvalue weighted by Gasteiger charge is 1.86. The molecule has 0 aromatic heterocycles. The molecule has 0 spiro atoms. The van der Waals surface area contributed by atoms with Crippen molar-refractivity contribution < 1.29 is 0 Å². The van der Waals surface area contributed by atoms with Crippen molar-refractivity contribution in [2.24, 2.45) is 0 Å². The Kier molecular flexibility index (Phi) is 6.39. The van der Waals surface area contributed by atoms with E-state index in [4.69, 9.17) is 0 Å². The average Bonchev–Trinajstić information content (AvgIpc) is 2.29. The zero-order valence-corrected chi connectivity index (χ0v) is 9.58. The van der Waals surface area contributed by atoms with Gasteiger partial charge in [-0.3, -0.25) is 0 Å². The van der Waals surface area contributed by atoms with E-state index in [-0.39, 0.29) is 0 Å². The first-order valence-corrected chi connectivity index (χ1v) is 5.87. The third kappa shape index (κ3) is 5.95. The number of anilines is 1. The molecule has 0 saturated carbocycles. The second-order valence-electron chi connectivity index (χ2n) is 3.70. The molecule has 1 aromatic rings. The van der Waals surface area contributed by atoms with Crippen LogP contribution in [-0.2, 0) is 0 Å². The lowest BCUT2D eigenvalue weighted by molar-refractivity contribution is 0.812. The highest BCUT2D eigenvalue weighted by molar-refractivity contribution is 5.42. The summed E-state index contributed by atoms with van der Waals surface area (Å²) in [4.78, 5) is 0. The second kappa shape index (κ2) is 8.10. The normalized spacial score (nSPS) is 10.7. The number of allylic oxidation sites excluding steroid dienone is 1. The van der Waals surface area contributed by atoms with Crippen LogP contribution in [0.15, 0.2) is 42.5 Å². The predicted molar refractivity (Wildman–Crippen MR) is 68.2 cm³/mol. The van der Waals surface area contributed by atoms with Gasteiger partial charge in [-0.25, -0.2) is 0 Å². The molecule has 0 heterocycles. The Bertz CT molecular complexity index is 264. The minimum Gasteiger partial charge on any atom is -0.385 e. The fraction of sp³-hybridized carbons (Fsp3) is 0.429. The minimum atomic E-state index is 1.02. The monoisotopic (exact) mass is 203 g/mol. The zero-order chi connectivity index (χ0) is 10.8. The number of rotatable bonds is 7. The standard InChI is InChI=1S/C14H21N/c1-2-3-4-5-6-10-13-15-14-11-8-7-9-12-14/h5-9,11-12,15H,2-4,10,13H2,1H3/b6-5+. The van der Waals surface area contributed by atoms with Gasteiger partial charge in [-0.2, -0.15) is 0 Å². The molecule has 1 rings (SSSR count). The van der Waals surface area contributed by atoms with Crippen LogP contribution in [-0.4, -0.2) is 6.54 Å². The zero-order valence-electron chi connectivity index (χ0n) is 9.58. The molecule has 1 heteroatoms. The SMILES string of the molecule is CCCC/C=C/CCNc1ccccc1. The van der Waals surface area contributed by atoms with Crippen LogP contribution in [0, 0.1) is 0 Å². The quantitative estimate of drug-likeness (QED) is 0.516. The Labute approximate surface area is 93.2 Å². The molecule has 0 aliphatic heterocycles. The molecule has 1 N–H and O–H groups in total. The van der Waals surface area contributed by atoms with E-state index in [1.807, 2.05) is 6.07 Å². The van der Waals surface area contributed by atoms with E-state index in [9.17, 15) is 0 Å². The van der Waals surface area contributed by atoms with Gasteiger partial charge < -0.3 is 5.32 Å². The molecule has 0 aliphatic carbocycles. The largest absolute Gasteiger partial charge is 0.385 e. The van der Waals surface area contributed by atoms with Crippen LogP contribution in [0.1, 0.15) is 32.6 Å². The fourth-order valence-electron chi connectivity index (χ4n) is 1.41. The molecule has 0 fully saturated rings. The molecule has 0 atom stereocenters. The molecule has 15 heavy (non-hydrogen) atoms. The van der Waals surface area contributed by atoms with Gasteiger partial charge in [0.05, 0.1) is 0 Å². The highest BCUT2D eigenvalue weighted by Crippen LogP contribution is 2.04. The first kappa shape index (κ1) is 11.8.